The quantitative estimate of drug-likeness (QED) is 0.0261. The van der Waals surface area contributed by atoms with E-state index in [0.29, 0.717) is 19.3 Å². The van der Waals surface area contributed by atoms with Crippen LogP contribution in [0.25, 0.3) is 0 Å². The van der Waals surface area contributed by atoms with Crippen LogP contribution in [0.1, 0.15) is 329 Å². The van der Waals surface area contributed by atoms with E-state index in [2.05, 4.69) is 75.5 Å². The van der Waals surface area contributed by atoms with Gasteiger partial charge in [-0.15, -0.1) is 0 Å². The molecule has 0 aliphatic rings. The van der Waals surface area contributed by atoms with Crippen LogP contribution in [0.15, 0.2) is 60.8 Å². The van der Waals surface area contributed by atoms with E-state index in [1.165, 1.54) is 205 Å². The van der Waals surface area contributed by atoms with Crippen LogP contribution in [0.3, 0.4) is 0 Å². The van der Waals surface area contributed by atoms with E-state index in [1.54, 1.807) is 0 Å². The third-order valence-electron chi connectivity index (χ3n) is 14.0. The second-order valence-electron chi connectivity index (χ2n) is 21.3. The van der Waals surface area contributed by atoms with Crippen LogP contribution in [0, 0.1) is 0 Å². The lowest BCUT2D eigenvalue weighted by Crippen LogP contribution is -2.30. The van der Waals surface area contributed by atoms with Crippen molar-refractivity contribution in [3.63, 3.8) is 0 Å². The predicted octanol–water partition coefficient (Wildman–Crippen LogP) is 21.6. The van der Waals surface area contributed by atoms with Crippen molar-refractivity contribution in [1.82, 2.24) is 0 Å². The van der Waals surface area contributed by atoms with Crippen molar-refractivity contribution < 1.29 is 28.6 Å². The van der Waals surface area contributed by atoms with E-state index < -0.39 is 6.10 Å². The zero-order valence-electron chi connectivity index (χ0n) is 48.7. The van der Waals surface area contributed by atoms with Crippen molar-refractivity contribution in [3.8, 4) is 0 Å². The summed E-state index contributed by atoms with van der Waals surface area (Å²) in [7, 11) is 0. The fraction of sp³-hybridized carbons (Fsp3) is 0.806. The predicted molar refractivity (Wildman–Crippen MR) is 316 cm³/mol. The minimum Gasteiger partial charge on any atom is -0.462 e. The lowest BCUT2D eigenvalue weighted by atomic mass is 10.0. The van der Waals surface area contributed by atoms with Crippen molar-refractivity contribution in [2.75, 3.05) is 13.2 Å². The standard InChI is InChI=1S/C67H120O6/c1-4-7-10-13-16-19-22-24-25-26-27-28-29-30-31-32-33-34-35-36-37-38-39-40-41-43-45-48-51-54-57-60-66(69)72-63-64(62-71-65(68)59-56-53-50-47-44-21-18-15-12-9-6-3)73-67(70)61-58-55-52-49-46-42-23-20-17-14-11-8-5-2/h8,11,15,17-18,20,42,46,52,55,64H,4-7,9-10,12-14,16,19,21-41,43-45,47-51,53-54,56-63H2,1-3H3/b11-8-,18-15-,20-17-,46-42-,55-52-. The lowest BCUT2D eigenvalue weighted by Gasteiger charge is -2.18. The smallest absolute Gasteiger partial charge is 0.306 e. The molecule has 0 radical (unpaired) electrons. The van der Waals surface area contributed by atoms with E-state index in [4.69, 9.17) is 14.2 Å². The first-order valence-corrected chi connectivity index (χ1v) is 31.8. The average Bonchev–Trinajstić information content (AvgIpc) is 3.39. The highest BCUT2D eigenvalue weighted by atomic mass is 16.6. The SMILES string of the molecule is CC/C=C\C/C=C\C/C=C\C/C=C\CCC(=O)OC(COC(=O)CCCCCCC/C=C\CCCC)COC(=O)CCCCCCCCCCCCCCCCCCCCCCCCCCCCCCCCC. The summed E-state index contributed by atoms with van der Waals surface area (Å²) in [6, 6.07) is 0. The number of ether oxygens (including phenoxy) is 3. The zero-order chi connectivity index (χ0) is 52.9. The number of carbonyl (C=O) groups is 3. The fourth-order valence-corrected chi connectivity index (χ4v) is 9.26. The van der Waals surface area contributed by atoms with Gasteiger partial charge in [-0.2, -0.15) is 0 Å². The minimum absolute atomic E-state index is 0.103. The van der Waals surface area contributed by atoms with Gasteiger partial charge in [-0.05, 0) is 64.2 Å². The van der Waals surface area contributed by atoms with Crippen LogP contribution in [0.4, 0.5) is 0 Å². The maximum Gasteiger partial charge on any atom is 0.306 e. The van der Waals surface area contributed by atoms with E-state index in [-0.39, 0.29) is 37.5 Å². The monoisotopic (exact) mass is 1020 g/mol. The van der Waals surface area contributed by atoms with Crippen molar-refractivity contribution >= 4 is 17.9 Å². The van der Waals surface area contributed by atoms with Crippen LogP contribution >= 0.6 is 0 Å². The fourth-order valence-electron chi connectivity index (χ4n) is 9.26. The maximum absolute atomic E-state index is 12.8. The summed E-state index contributed by atoms with van der Waals surface area (Å²) < 4.78 is 16.8. The molecule has 0 bridgehead atoms. The molecule has 0 aromatic heterocycles. The molecule has 0 aromatic rings. The highest BCUT2D eigenvalue weighted by Gasteiger charge is 2.19. The molecule has 0 N–H and O–H groups in total. The molecule has 0 amide bonds. The first-order chi connectivity index (χ1) is 36.0. The third kappa shape index (κ3) is 59.9. The summed E-state index contributed by atoms with van der Waals surface area (Å²) in [5.74, 6) is -0.984. The normalized spacial score (nSPS) is 12.4. The summed E-state index contributed by atoms with van der Waals surface area (Å²) in [6.45, 7) is 6.45. The molecule has 0 aromatic carbocycles. The van der Waals surface area contributed by atoms with Crippen LogP contribution in [-0.2, 0) is 28.6 Å². The van der Waals surface area contributed by atoms with Gasteiger partial charge in [-0.3, -0.25) is 14.4 Å². The second kappa shape index (κ2) is 61.7. The topological polar surface area (TPSA) is 78.9 Å². The van der Waals surface area contributed by atoms with E-state index >= 15 is 0 Å². The van der Waals surface area contributed by atoms with Crippen molar-refractivity contribution in [2.45, 2.75) is 335 Å². The first kappa shape index (κ1) is 70.1. The van der Waals surface area contributed by atoms with Gasteiger partial charge in [0.1, 0.15) is 13.2 Å². The Morgan fingerprint density at radius 1 is 0.288 bits per heavy atom. The highest BCUT2D eigenvalue weighted by Crippen LogP contribution is 2.18. The van der Waals surface area contributed by atoms with Crippen LogP contribution in [0.5, 0.6) is 0 Å². The Balaban J connectivity index is 4.09. The van der Waals surface area contributed by atoms with Gasteiger partial charge in [-0.25, -0.2) is 0 Å². The number of carbonyl (C=O) groups excluding carboxylic acids is 3. The average molecular weight is 1020 g/mol. The molecule has 424 valence electrons. The summed E-state index contributed by atoms with van der Waals surface area (Å²) in [5, 5.41) is 0. The summed E-state index contributed by atoms with van der Waals surface area (Å²) in [6.07, 6.45) is 78.6. The number of unbranched alkanes of at least 4 members (excludes halogenated alkanes) is 37. The van der Waals surface area contributed by atoms with Gasteiger partial charge in [0.2, 0.25) is 0 Å². The van der Waals surface area contributed by atoms with Gasteiger partial charge < -0.3 is 14.2 Å². The molecule has 0 saturated carbocycles. The Bertz CT molecular complexity index is 1310. The molecule has 6 nitrogen and oxygen atoms in total. The second-order valence-corrected chi connectivity index (χ2v) is 21.3. The zero-order valence-corrected chi connectivity index (χ0v) is 48.7. The molecule has 0 saturated heterocycles. The van der Waals surface area contributed by atoms with E-state index in [0.717, 1.165) is 77.0 Å². The molecule has 6 heteroatoms. The Morgan fingerprint density at radius 2 is 0.575 bits per heavy atom. The van der Waals surface area contributed by atoms with Crippen molar-refractivity contribution in [1.29, 1.82) is 0 Å². The van der Waals surface area contributed by atoms with Gasteiger partial charge in [0.05, 0.1) is 0 Å². The van der Waals surface area contributed by atoms with Gasteiger partial charge in [-0.1, -0.05) is 306 Å². The maximum atomic E-state index is 12.8. The van der Waals surface area contributed by atoms with Gasteiger partial charge in [0.15, 0.2) is 6.10 Å². The summed E-state index contributed by atoms with van der Waals surface area (Å²) in [4.78, 5) is 38.0. The molecular formula is C67H120O6. The molecule has 73 heavy (non-hydrogen) atoms. The van der Waals surface area contributed by atoms with E-state index in [9.17, 15) is 14.4 Å². The number of hydrogen-bond donors (Lipinski definition) is 0. The number of esters is 3. The molecule has 0 heterocycles. The molecule has 0 spiro atoms. The largest absolute Gasteiger partial charge is 0.462 e. The molecular weight excluding hydrogens is 901 g/mol. The summed E-state index contributed by atoms with van der Waals surface area (Å²) >= 11 is 0. The minimum atomic E-state index is -0.813. The first-order valence-electron chi connectivity index (χ1n) is 31.8. The Hall–Kier alpha value is -2.89. The van der Waals surface area contributed by atoms with Gasteiger partial charge >= 0.3 is 17.9 Å². The van der Waals surface area contributed by atoms with Gasteiger partial charge in [0.25, 0.3) is 0 Å². The van der Waals surface area contributed by atoms with Crippen LogP contribution < -0.4 is 0 Å². The summed E-state index contributed by atoms with van der Waals surface area (Å²) in [5.41, 5.74) is 0. The molecule has 0 aliphatic carbocycles. The third-order valence-corrected chi connectivity index (χ3v) is 14.0. The van der Waals surface area contributed by atoms with Crippen molar-refractivity contribution in [3.05, 3.63) is 60.8 Å². The molecule has 0 fully saturated rings. The molecule has 1 atom stereocenters. The molecule has 1 unspecified atom stereocenters. The molecule has 0 aliphatic heterocycles. The van der Waals surface area contributed by atoms with Crippen LogP contribution in [-0.4, -0.2) is 37.2 Å². The number of hydrogen-bond acceptors (Lipinski definition) is 6. The highest BCUT2D eigenvalue weighted by molar-refractivity contribution is 5.71. The van der Waals surface area contributed by atoms with Crippen molar-refractivity contribution in [2.24, 2.45) is 0 Å². The number of allylic oxidation sites excluding steroid dienone is 10. The van der Waals surface area contributed by atoms with E-state index in [1.807, 2.05) is 6.08 Å². The Labute approximate surface area is 453 Å². The Kier molecular flexibility index (Phi) is 59.2. The van der Waals surface area contributed by atoms with Crippen LogP contribution in [0.2, 0.25) is 0 Å². The lowest BCUT2D eigenvalue weighted by molar-refractivity contribution is -0.166. The number of rotatable bonds is 58. The Morgan fingerprint density at radius 3 is 0.932 bits per heavy atom. The van der Waals surface area contributed by atoms with Gasteiger partial charge in [0, 0.05) is 19.3 Å². The molecule has 0 rings (SSSR count).